The molecule has 1 rings (SSSR count). The smallest absolute Gasteiger partial charge is 0.124 e. The van der Waals surface area contributed by atoms with Crippen LogP contribution in [-0.4, -0.2) is 4.98 Å². The van der Waals surface area contributed by atoms with Crippen molar-refractivity contribution in [2.45, 2.75) is 3.74 Å². The molecule has 0 aromatic carbocycles. The minimum atomic E-state index is 0.105. The summed E-state index contributed by atoms with van der Waals surface area (Å²) in [7, 11) is 0. The lowest BCUT2D eigenvalue weighted by atomic mass is 10.3. The Kier molecular flexibility index (Phi) is 3.81. The minimum absolute atomic E-state index is 0.105. The highest BCUT2D eigenvalue weighted by atomic mass is 79.9. The normalized spacial score (nSPS) is 10.6. The Labute approximate surface area is 94.9 Å². The van der Waals surface area contributed by atoms with Gasteiger partial charge in [0.25, 0.3) is 0 Å². The molecule has 1 nitrogen and oxygen atoms in total. The Morgan fingerprint density at radius 2 is 2.09 bits per heavy atom. The summed E-state index contributed by atoms with van der Waals surface area (Å²) in [5.74, 6) is 0. The fourth-order valence-electron chi connectivity index (χ4n) is 0.555. The van der Waals surface area contributed by atoms with Crippen LogP contribution < -0.4 is 0 Å². The Balaban J connectivity index is 3.05. The third-order valence-corrected chi connectivity index (χ3v) is 3.28. The van der Waals surface area contributed by atoms with Gasteiger partial charge in [-0.15, -0.1) is 0 Å². The topological polar surface area (TPSA) is 12.9 Å². The van der Waals surface area contributed by atoms with Crippen molar-refractivity contribution in [2.24, 2.45) is 0 Å². The van der Waals surface area contributed by atoms with Crippen LogP contribution in [0.5, 0.6) is 0 Å². The number of hydrogen-bond donors (Lipinski definition) is 0. The van der Waals surface area contributed by atoms with Gasteiger partial charge < -0.3 is 0 Å². The van der Waals surface area contributed by atoms with Gasteiger partial charge in [0, 0.05) is 6.20 Å². The number of nitrogens with zero attached hydrogens (tertiary/aromatic N) is 1. The SMILES string of the molecule is Clc1cc(C(Br)Br)cnc1Br. The Morgan fingerprint density at radius 1 is 1.45 bits per heavy atom. The van der Waals surface area contributed by atoms with Crippen LogP contribution in [0, 0.1) is 0 Å². The highest BCUT2D eigenvalue weighted by molar-refractivity contribution is 9.24. The summed E-state index contributed by atoms with van der Waals surface area (Å²) in [5, 5.41) is 0.617. The van der Waals surface area contributed by atoms with Gasteiger partial charge in [0.2, 0.25) is 0 Å². The molecule has 0 aliphatic carbocycles. The van der Waals surface area contributed by atoms with Gasteiger partial charge in [0.05, 0.1) is 8.76 Å². The molecule has 0 saturated carbocycles. The molecule has 5 heteroatoms. The maximum atomic E-state index is 5.81. The molecule has 0 radical (unpaired) electrons. The van der Waals surface area contributed by atoms with Gasteiger partial charge in [-0.3, -0.25) is 0 Å². The molecule has 0 saturated heterocycles. The summed E-state index contributed by atoms with van der Waals surface area (Å²) in [6.07, 6.45) is 1.74. The Hall–Kier alpha value is 0.880. The van der Waals surface area contributed by atoms with Gasteiger partial charge in [0.15, 0.2) is 0 Å². The van der Waals surface area contributed by atoms with E-state index >= 15 is 0 Å². The molecular formula is C6H3Br3ClN. The number of alkyl halides is 2. The zero-order chi connectivity index (χ0) is 8.43. The zero-order valence-electron chi connectivity index (χ0n) is 5.19. The van der Waals surface area contributed by atoms with Crippen molar-refractivity contribution >= 4 is 59.4 Å². The summed E-state index contributed by atoms with van der Waals surface area (Å²) in [6, 6.07) is 1.84. The van der Waals surface area contributed by atoms with Gasteiger partial charge in [-0.25, -0.2) is 4.98 Å². The lowest BCUT2D eigenvalue weighted by Crippen LogP contribution is -1.84. The molecule has 11 heavy (non-hydrogen) atoms. The standard InChI is InChI=1S/C6H3Br3ClN/c7-5(8)3-1-4(10)6(9)11-2-3/h1-2,5H. The molecule has 60 valence electrons. The molecule has 0 fully saturated rings. The quantitative estimate of drug-likeness (QED) is 0.535. The van der Waals surface area contributed by atoms with Crippen molar-refractivity contribution in [1.82, 2.24) is 4.98 Å². The molecule has 1 heterocycles. The van der Waals surface area contributed by atoms with Crippen LogP contribution in [0.4, 0.5) is 0 Å². The fraction of sp³-hybridized carbons (Fsp3) is 0.167. The average Bonchev–Trinajstić information content (AvgIpc) is 1.94. The molecule has 0 aliphatic rings. The predicted octanol–water partition coefficient (Wildman–Crippen LogP) is 4.29. The van der Waals surface area contributed by atoms with Crippen LogP contribution in [0.3, 0.4) is 0 Å². The summed E-state index contributed by atoms with van der Waals surface area (Å²) < 4.78 is 0.775. The van der Waals surface area contributed by atoms with E-state index in [1.54, 1.807) is 6.20 Å². The van der Waals surface area contributed by atoms with Crippen molar-refractivity contribution in [3.63, 3.8) is 0 Å². The Bertz CT molecular complexity index is 264. The van der Waals surface area contributed by atoms with Crippen LogP contribution in [0.25, 0.3) is 0 Å². The van der Waals surface area contributed by atoms with Crippen molar-refractivity contribution in [3.8, 4) is 0 Å². The summed E-state index contributed by atoms with van der Waals surface area (Å²) >= 11 is 15.7. The van der Waals surface area contributed by atoms with Crippen LogP contribution in [0.15, 0.2) is 16.9 Å². The van der Waals surface area contributed by atoms with Crippen molar-refractivity contribution in [3.05, 3.63) is 27.5 Å². The number of halogens is 4. The first kappa shape index (κ1) is 9.96. The molecule has 0 spiro atoms. The Morgan fingerprint density at radius 3 is 2.55 bits per heavy atom. The van der Waals surface area contributed by atoms with Crippen molar-refractivity contribution in [2.75, 3.05) is 0 Å². The number of rotatable bonds is 1. The summed E-state index contributed by atoms with van der Waals surface area (Å²) in [5.41, 5.74) is 0.998. The van der Waals surface area contributed by atoms with E-state index in [0.29, 0.717) is 9.63 Å². The molecule has 1 aromatic heterocycles. The minimum Gasteiger partial charge on any atom is -0.247 e. The van der Waals surface area contributed by atoms with E-state index in [2.05, 4.69) is 52.8 Å². The van der Waals surface area contributed by atoms with E-state index in [0.717, 1.165) is 5.56 Å². The van der Waals surface area contributed by atoms with Gasteiger partial charge in [-0.2, -0.15) is 0 Å². The first-order valence-corrected chi connectivity index (χ1v) is 5.70. The monoisotopic (exact) mass is 361 g/mol. The molecule has 0 N–H and O–H groups in total. The van der Waals surface area contributed by atoms with Crippen molar-refractivity contribution < 1.29 is 0 Å². The van der Waals surface area contributed by atoms with Crippen LogP contribution in [0.2, 0.25) is 5.02 Å². The predicted molar refractivity (Wildman–Crippen MR) is 57.5 cm³/mol. The van der Waals surface area contributed by atoms with Crippen molar-refractivity contribution in [1.29, 1.82) is 0 Å². The number of hydrogen-bond acceptors (Lipinski definition) is 1. The van der Waals surface area contributed by atoms with E-state index in [1.165, 1.54) is 0 Å². The zero-order valence-corrected chi connectivity index (χ0v) is 10.7. The van der Waals surface area contributed by atoms with E-state index < -0.39 is 0 Å². The molecule has 0 aliphatic heterocycles. The first-order valence-electron chi connectivity index (χ1n) is 2.70. The maximum absolute atomic E-state index is 5.81. The largest absolute Gasteiger partial charge is 0.247 e. The van der Waals surface area contributed by atoms with E-state index in [4.69, 9.17) is 11.6 Å². The first-order chi connectivity index (χ1) is 5.11. The molecule has 1 aromatic rings. The van der Waals surface area contributed by atoms with Gasteiger partial charge >= 0.3 is 0 Å². The van der Waals surface area contributed by atoms with E-state index in [-0.39, 0.29) is 3.74 Å². The molecule has 0 bridgehead atoms. The van der Waals surface area contributed by atoms with Crippen LogP contribution in [-0.2, 0) is 0 Å². The lowest BCUT2D eigenvalue weighted by Gasteiger charge is -2.01. The number of pyridine rings is 1. The van der Waals surface area contributed by atoms with E-state index in [9.17, 15) is 0 Å². The molecular weight excluding hydrogens is 361 g/mol. The lowest BCUT2D eigenvalue weighted by molar-refractivity contribution is 1.22. The molecule has 0 amide bonds. The average molecular weight is 364 g/mol. The second kappa shape index (κ2) is 4.21. The maximum Gasteiger partial charge on any atom is 0.124 e. The fourth-order valence-corrected chi connectivity index (χ4v) is 1.45. The molecule has 0 atom stereocenters. The van der Waals surface area contributed by atoms with Gasteiger partial charge in [-0.05, 0) is 27.6 Å². The third kappa shape index (κ3) is 2.68. The highest BCUT2D eigenvalue weighted by Gasteiger charge is 2.05. The molecule has 0 unspecified atom stereocenters. The second-order valence-corrected chi connectivity index (χ2v) is 6.06. The second-order valence-electron chi connectivity index (χ2n) is 1.84. The van der Waals surface area contributed by atoms with E-state index in [1.807, 2.05) is 6.07 Å². The van der Waals surface area contributed by atoms with Crippen LogP contribution in [0.1, 0.15) is 9.30 Å². The van der Waals surface area contributed by atoms with Crippen LogP contribution >= 0.6 is 59.4 Å². The summed E-state index contributed by atoms with van der Waals surface area (Å²) in [6.45, 7) is 0. The van der Waals surface area contributed by atoms with Gasteiger partial charge in [0.1, 0.15) is 4.60 Å². The summed E-state index contributed by atoms with van der Waals surface area (Å²) in [4.78, 5) is 4.02. The number of aromatic nitrogens is 1. The van der Waals surface area contributed by atoms with Gasteiger partial charge in [-0.1, -0.05) is 43.5 Å². The third-order valence-electron chi connectivity index (χ3n) is 1.07. The highest BCUT2D eigenvalue weighted by Crippen LogP contribution is 2.31.